The minimum Gasteiger partial charge on any atom is -0.0616 e. The van der Waals surface area contributed by atoms with Crippen LogP contribution in [-0.2, 0) is 5.41 Å². The van der Waals surface area contributed by atoms with Crippen LogP contribution >= 0.6 is 0 Å². The molecule has 9 aromatic carbocycles. The lowest BCUT2D eigenvalue weighted by atomic mass is 9.82. The van der Waals surface area contributed by atoms with Crippen molar-refractivity contribution < 1.29 is 0 Å². The lowest BCUT2D eigenvalue weighted by molar-refractivity contribution is 0.591. The molecule has 0 aliphatic heterocycles. The monoisotopic (exact) mass is 508 g/mol. The van der Waals surface area contributed by atoms with E-state index in [1.807, 2.05) is 0 Å². The van der Waals surface area contributed by atoms with Gasteiger partial charge in [-0.3, -0.25) is 0 Å². The lowest BCUT2D eigenvalue weighted by Gasteiger charge is -2.22. The molecule has 0 unspecified atom stereocenters. The predicted octanol–water partition coefficient (Wildman–Crippen LogP) is 11.6. The Hall–Kier alpha value is -4.68. The minimum atomic E-state index is 0.109. The van der Waals surface area contributed by atoms with E-state index in [4.69, 9.17) is 0 Å². The van der Waals surface area contributed by atoms with Crippen LogP contribution in [0.25, 0.3) is 86.2 Å². The van der Waals surface area contributed by atoms with Crippen LogP contribution in [0.1, 0.15) is 26.3 Å². The number of hydrogen-bond acceptors (Lipinski definition) is 0. The standard InChI is InChI=1S/C40H28/c1-40(2,3)30-18-25-12-13-27-20-35-32-11-7-6-10-31(32)34-21-28-16-23-8-4-5-9-24(23)17-29(28)22-36(34)39(35)33-15-14-26(19-30)37(25)38(27)33/h4-22H,1-3H3. The molecule has 0 fully saturated rings. The number of rotatable bonds is 0. The van der Waals surface area contributed by atoms with Crippen molar-refractivity contribution >= 4 is 86.2 Å². The molecule has 9 rings (SSSR count). The van der Waals surface area contributed by atoms with E-state index in [1.165, 1.54) is 91.7 Å². The maximum Gasteiger partial charge on any atom is -0.00195 e. The van der Waals surface area contributed by atoms with Gasteiger partial charge in [-0.25, -0.2) is 0 Å². The first-order valence-corrected chi connectivity index (χ1v) is 14.3. The molecule has 0 saturated heterocycles. The van der Waals surface area contributed by atoms with Gasteiger partial charge in [0, 0.05) is 0 Å². The normalized spacial score (nSPS) is 12.9. The average molecular weight is 509 g/mol. The third kappa shape index (κ3) is 2.91. The minimum absolute atomic E-state index is 0.109. The highest BCUT2D eigenvalue weighted by Crippen LogP contribution is 2.45. The third-order valence-corrected chi connectivity index (χ3v) is 9.20. The Morgan fingerprint density at radius 2 is 0.825 bits per heavy atom. The molecule has 0 radical (unpaired) electrons. The van der Waals surface area contributed by atoms with Gasteiger partial charge in [-0.2, -0.15) is 0 Å². The Bertz CT molecular complexity index is 2480. The van der Waals surface area contributed by atoms with Gasteiger partial charge in [0.2, 0.25) is 0 Å². The van der Waals surface area contributed by atoms with Crippen molar-refractivity contribution in [3.63, 3.8) is 0 Å². The van der Waals surface area contributed by atoms with Gasteiger partial charge in [0.15, 0.2) is 0 Å². The second-order valence-corrected chi connectivity index (χ2v) is 12.6. The SMILES string of the molecule is CC(C)(C)c1cc2ccc3cc4c5ccccc5c5cc6cc7ccccc7cc6cc5c4c4ccc(c1)c2c34. The molecular formula is C40H28. The lowest BCUT2D eigenvalue weighted by Crippen LogP contribution is -2.10. The number of benzene rings is 9. The molecule has 0 heteroatoms. The average Bonchev–Trinajstić information content (AvgIpc) is 2.97. The van der Waals surface area contributed by atoms with Gasteiger partial charge in [-0.05, 0) is 127 Å². The van der Waals surface area contributed by atoms with Crippen molar-refractivity contribution in [1.82, 2.24) is 0 Å². The predicted molar refractivity (Wildman–Crippen MR) is 176 cm³/mol. The van der Waals surface area contributed by atoms with E-state index >= 15 is 0 Å². The Labute approximate surface area is 232 Å². The first kappa shape index (κ1) is 22.2. The van der Waals surface area contributed by atoms with Crippen molar-refractivity contribution in [3.8, 4) is 0 Å². The molecule has 0 amide bonds. The van der Waals surface area contributed by atoms with E-state index in [2.05, 4.69) is 136 Å². The Morgan fingerprint density at radius 1 is 0.325 bits per heavy atom. The molecule has 0 N–H and O–H groups in total. The summed E-state index contributed by atoms with van der Waals surface area (Å²) in [7, 11) is 0. The van der Waals surface area contributed by atoms with Crippen molar-refractivity contribution in [1.29, 1.82) is 0 Å². The van der Waals surface area contributed by atoms with Gasteiger partial charge in [0.25, 0.3) is 0 Å². The maximum atomic E-state index is 2.45. The van der Waals surface area contributed by atoms with E-state index in [0.717, 1.165) is 0 Å². The van der Waals surface area contributed by atoms with Gasteiger partial charge in [0.1, 0.15) is 0 Å². The summed E-state index contributed by atoms with van der Waals surface area (Å²) in [6.45, 7) is 6.91. The zero-order valence-corrected chi connectivity index (χ0v) is 23.0. The first-order chi connectivity index (χ1) is 19.4. The van der Waals surface area contributed by atoms with E-state index in [9.17, 15) is 0 Å². The summed E-state index contributed by atoms with van der Waals surface area (Å²) in [6, 6.07) is 43.9. The van der Waals surface area contributed by atoms with Crippen molar-refractivity contribution in [3.05, 3.63) is 121 Å². The molecule has 0 aliphatic carbocycles. The third-order valence-electron chi connectivity index (χ3n) is 9.20. The molecule has 0 spiro atoms. The van der Waals surface area contributed by atoms with Crippen LogP contribution in [0.2, 0.25) is 0 Å². The summed E-state index contributed by atoms with van der Waals surface area (Å²) in [4.78, 5) is 0. The topological polar surface area (TPSA) is 0 Å². The molecule has 0 saturated carbocycles. The van der Waals surface area contributed by atoms with Crippen LogP contribution in [0, 0.1) is 0 Å². The molecule has 0 atom stereocenters. The number of hydrogen-bond donors (Lipinski definition) is 0. The second-order valence-electron chi connectivity index (χ2n) is 12.6. The largest absolute Gasteiger partial charge is 0.0616 e. The Kier molecular flexibility index (Phi) is 4.15. The summed E-state index contributed by atoms with van der Waals surface area (Å²) in [5.74, 6) is 0. The molecule has 9 aromatic rings. The van der Waals surface area contributed by atoms with Crippen molar-refractivity contribution in [2.75, 3.05) is 0 Å². The molecule has 0 nitrogen and oxygen atoms in total. The van der Waals surface area contributed by atoms with Crippen molar-refractivity contribution in [2.24, 2.45) is 0 Å². The van der Waals surface area contributed by atoms with E-state index in [0.29, 0.717) is 0 Å². The van der Waals surface area contributed by atoms with Crippen LogP contribution in [0.3, 0.4) is 0 Å². The summed E-state index contributed by atoms with van der Waals surface area (Å²) in [6.07, 6.45) is 0. The van der Waals surface area contributed by atoms with Crippen LogP contribution in [0.4, 0.5) is 0 Å². The van der Waals surface area contributed by atoms with Gasteiger partial charge in [-0.15, -0.1) is 0 Å². The summed E-state index contributed by atoms with van der Waals surface area (Å²) >= 11 is 0. The quantitative estimate of drug-likeness (QED) is 0.141. The smallest absolute Gasteiger partial charge is 0.00195 e. The Morgan fingerprint density at radius 3 is 1.48 bits per heavy atom. The van der Waals surface area contributed by atoms with Gasteiger partial charge in [-0.1, -0.05) is 106 Å². The molecular weight excluding hydrogens is 480 g/mol. The van der Waals surface area contributed by atoms with Gasteiger partial charge < -0.3 is 0 Å². The van der Waals surface area contributed by atoms with Gasteiger partial charge in [0.05, 0.1) is 0 Å². The van der Waals surface area contributed by atoms with Gasteiger partial charge >= 0.3 is 0 Å². The second kappa shape index (κ2) is 7.49. The van der Waals surface area contributed by atoms with Crippen LogP contribution in [0.15, 0.2) is 115 Å². The fourth-order valence-electron chi connectivity index (χ4n) is 7.20. The molecule has 0 heterocycles. The van der Waals surface area contributed by atoms with Crippen LogP contribution in [-0.4, -0.2) is 0 Å². The zero-order chi connectivity index (χ0) is 26.7. The number of fused-ring (bicyclic) bond motifs is 9. The fraction of sp³-hybridized carbons (Fsp3) is 0.100. The molecule has 0 aliphatic rings. The van der Waals surface area contributed by atoms with Crippen molar-refractivity contribution in [2.45, 2.75) is 26.2 Å². The Balaban J connectivity index is 1.53. The summed E-state index contributed by atoms with van der Waals surface area (Å²) in [5, 5.41) is 21.3. The van der Waals surface area contributed by atoms with E-state index in [-0.39, 0.29) is 5.41 Å². The van der Waals surface area contributed by atoms with E-state index in [1.54, 1.807) is 0 Å². The summed E-state index contributed by atoms with van der Waals surface area (Å²) < 4.78 is 0. The molecule has 40 heavy (non-hydrogen) atoms. The zero-order valence-electron chi connectivity index (χ0n) is 23.0. The molecule has 0 aromatic heterocycles. The summed E-state index contributed by atoms with van der Waals surface area (Å²) in [5.41, 5.74) is 1.50. The highest BCUT2D eigenvalue weighted by molar-refractivity contribution is 6.38. The molecule has 188 valence electrons. The highest BCUT2D eigenvalue weighted by Gasteiger charge is 2.19. The maximum absolute atomic E-state index is 2.45. The molecule has 0 bridgehead atoms. The highest BCUT2D eigenvalue weighted by atomic mass is 14.2. The van der Waals surface area contributed by atoms with Crippen LogP contribution < -0.4 is 0 Å². The fourth-order valence-corrected chi connectivity index (χ4v) is 7.20. The first-order valence-electron chi connectivity index (χ1n) is 14.3. The van der Waals surface area contributed by atoms with Crippen LogP contribution in [0.5, 0.6) is 0 Å². The van der Waals surface area contributed by atoms with E-state index < -0.39 is 0 Å².